The van der Waals surface area contributed by atoms with Gasteiger partial charge in [-0.2, -0.15) is 0 Å². The molecule has 1 aromatic rings. The van der Waals surface area contributed by atoms with E-state index in [-0.39, 0.29) is 19.6 Å². The summed E-state index contributed by atoms with van der Waals surface area (Å²) in [6.45, 7) is 0.305. The Balaban J connectivity index is 2.30. The summed E-state index contributed by atoms with van der Waals surface area (Å²) in [5.74, 6) is 0. The van der Waals surface area contributed by atoms with Gasteiger partial charge in [0.05, 0.1) is 12.7 Å². The van der Waals surface area contributed by atoms with Gasteiger partial charge in [-0.1, -0.05) is 0 Å². The minimum absolute atomic E-state index is 0.195. The summed E-state index contributed by atoms with van der Waals surface area (Å²) in [7, 11) is 0. The first kappa shape index (κ1) is 14.9. The van der Waals surface area contributed by atoms with Crippen LogP contribution in [0.1, 0.15) is 19.1 Å². The second-order valence-electron chi connectivity index (χ2n) is 4.75. The third-order valence-electron chi connectivity index (χ3n) is 3.38. The summed E-state index contributed by atoms with van der Waals surface area (Å²) in [5, 5.41) is 18.7. The van der Waals surface area contributed by atoms with Gasteiger partial charge < -0.3 is 20.7 Å². The number of rotatable bonds is 5. The molecule has 0 aliphatic carbocycles. The van der Waals surface area contributed by atoms with Crippen LogP contribution in [0.3, 0.4) is 0 Å². The number of ether oxygens (including phenoxy) is 1. The Bertz CT molecular complexity index is 567. The first-order chi connectivity index (χ1) is 9.58. The zero-order valence-corrected chi connectivity index (χ0v) is 11.0. The average Bonchev–Trinajstić information content (AvgIpc) is 2.79. The standard InChI is InChI=1S/C12H19N3O5/c13-3-1-4-14-10(18)2-5-15(12(14)19)11-6-8(17)9(7-16)20-11/h2,5,8-9,11,16-17H,1,3-4,6-7,13H2/t8?,9-,11-/m0/s1. The molecule has 8 nitrogen and oxygen atoms in total. The molecule has 0 radical (unpaired) electrons. The summed E-state index contributed by atoms with van der Waals surface area (Å²) < 4.78 is 7.76. The molecule has 20 heavy (non-hydrogen) atoms. The first-order valence-corrected chi connectivity index (χ1v) is 6.55. The van der Waals surface area contributed by atoms with E-state index in [9.17, 15) is 14.7 Å². The maximum atomic E-state index is 12.2. The van der Waals surface area contributed by atoms with Crippen LogP contribution >= 0.6 is 0 Å². The highest BCUT2D eigenvalue weighted by atomic mass is 16.5. The summed E-state index contributed by atoms with van der Waals surface area (Å²) in [4.78, 5) is 23.9. The second-order valence-corrected chi connectivity index (χ2v) is 4.75. The zero-order valence-electron chi connectivity index (χ0n) is 11.0. The number of nitrogens with zero attached hydrogens (tertiary/aromatic N) is 2. The van der Waals surface area contributed by atoms with Crippen molar-refractivity contribution >= 4 is 0 Å². The molecule has 0 saturated carbocycles. The van der Waals surface area contributed by atoms with Crippen LogP contribution in [0, 0.1) is 0 Å². The van der Waals surface area contributed by atoms with Crippen molar-refractivity contribution in [2.75, 3.05) is 13.2 Å². The van der Waals surface area contributed by atoms with E-state index in [1.54, 1.807) is 0 Å². The molecule has 4 N–H and O–H groups in total. The first-order valence-electron chi connectivity index (χ1n) is 6.55. The predicted octanol–water partition coefficient (Wildman–Crippen LogP) is -2.00. The molecule has 1 unspecified atom stereocenters. The van der Waals surface area contributed by atoms with Gasteiger partial charge in [0.2, 0.25) is 0 Å². The summed E-state index contributed by atoms with van der Waals surface area (Å²) in [6.07, 6.45) is -0.162. The van der Waals surface area contributed by atoms with E-state index in [0.717, 1.165) is 4.57 Å². The van der Waals surface area contributed by atoms with Gasteiger partial charge in [0.15, 0.2) is 0 Å². The largest absolute Gasteiger partial charge is 0.394 e. The SMILES string of the molecule is NCCCn1c(=O)ccn([C@@H]2CC(O)[C@H](CO)O2)c1=O. The molecule has 3 atom stereocenters. The Labute approximate surface area is 115 Å². The Hall–Kier alpha value is -1.48. The maximum Gasteiger partial charge on any atom is 0.333 e. The van der Waals surface area contributed by atoms with E-state index in [2.05, 4.69) is 0 Å². The van der Waals surface area contributed by atoms with Gasteiger partial charge in [-0.05, 0) is 13.0 Å². The Morgan fingerprint density at radius 3 is 2.80 bits per heavy atom. The van der Waals surface area contributed by atoms with Gasteiger partial charge >= 0.3 is 5.69 Å². The second kappa shape index (κ2) is 6.31. The van der Waals surface area contributed by atoms with E-state index >= 15 is 0 Å². The third kappa shape index (κ3) is 2.83. The van der Waals surface area contributed by atoms with Crippen LogP contribution in [-0.4, -0.2) is 44.7 Å². The minimum Gasteiger partial charge on any atom is -0.394 e. The monoisotopic (exact) mass is 285 g/mol. The van der Waals surface area contributed by atoms with Crippen LogP contribution in [0.15, 0.2) is 21.9 Å². The van der Waals surface area contributed by atoms with Gasteiger partial charge in [0.25, 0.3) is 5.56 Å². The maximum absolute atomic E-state index is 12.2. The molecule has 2 heterocycles. The van der Waals surface area contributed by atoms with Crippen molar-refractivity contribution in [3.05, 3.63) is 33.1 Å². The number of nitrogens with two attached hydrogens (primary N) is 1. The smallest absolute Gasteiger partial charge is 0.333 e. The molecule has 0 bridgehead atoms. The van der Waals surface area contributed by atoms with Crippen LogP contribution in [0.4, 0.5) is 0 Å². The van der Waals surface area contributed by atoms with Crippen LogP contribution < -0.4 is 17.0 Å². The minimum atomic E-state index is -0.832. The summed E-state index contributed by atoms with van der Waals surface area (Å²) >= 11 is 0. The lowest BCUT2D eigenvalue weighted by atomic mass is 10.2. The van der Waals surface area contributed by atoms with Crippen molar-refractivity contribution in [1.82, 2.24) is 9.13 Å². The number of hydrogen-bond acceptors (Lipinski definition) is 6. The van der Waals surface area contributed by atoms with E-state index in [1.165, 1.54) is 16.8 Å². The van der Waals surface area contributed by atoms with Gasteiger partial charge in [-0.3, -0.25) is 13.9 Å². The molecule has 1 fully saturated rings. The Morgan fingerprint density at radius 1 is 1.45 bits per heavy atom. The molecule has 2 rings (SSSR count). The third-order valence-corrected chi connectivity index (χ3v) is 3.38. The highest BCUT2D eigenvalue weighted by Gasteiger charge is 2.35. The predicted molar refractivity (Wildman–Crippen MR) is 70.3 cm³/mol. The van der Waals surface area contributed by atoms with E-state index in [0.29, 0.717) is 13.0 Å². The number of aliphatic hydroxyl groups excluding tert-OH is 2. The molecule has 0 aromatic carbocycles. The Morgan fingerprint density at radius 2 is 2.20 bits per heavy atom. The summed E-state index contributed by atoms with van der Waals surface area (Å²) in [5.41, 5.74) is 4.49. The molecule has 8 heteroatoms. The summed E-state index contributed by atoms with van der Waals surface area (Å²) in [6, 6.07) is 1.28. The van der Waals surface area contributed by atoms with Crippen molar-refractivity contribution in [1.29, 1.82) is 0 Å². The number of hydrogen-bond donors (Lipinski definition) is 3. The van der Waals surface area contributed by atoms with Gasteiger partial charge in [0.1, 0.15) is 12.3 Å². The van der Waals surface area contributed by atoms with Crippen LogP contribution in [0.25, 0.3) is 0 Å². The van der Waals surface area contributed by atoms with Crippen molar-refractivity contribution in [3.8, 4) is 0 Å². The lowest BCUT2D eigenvalue weighted by molar-refractivity contribution is -0.0463. The zero-order chi connectivity index (χ0) is 14.7. The molecule has 1 aliphatic rings. The molecule has 112 valence electrons. The van der Waals surface area contributed by atoms with Crippen LogP contribution in [-0.2, 0) is 11.3 Å². The lowest BCUT2D eigenvalue weighted by Gasteiger charge is -2.16. The highest BCUT2D eigenvalue weighted by Crippen LogP contribution is 2.26. The Kier molecular flexibility index (Phi) is 4.71. The fourth-order valence-electron chi connectivity index (χ4n) is 2.26. The van der Waals surface area contributed by atoms with E-state index in [1.807, 2.05) is 0 Å². The van der Waals surface area contributed by atoms with Gasteiger partial charge in [0, 0.05) is 25.2 Å². The fraction of sp³-hybridized carbons (Fsp3) is 0.667. The molecule has 1 saturated heterocycles. The topological polar surface area (TPSA) is 120 Å². The number of aliphatic hydroxyl groups is 2. The normalized spacial score (nSPS) is 26.1. The molecule has 0 spiro atoms. The van der Waals surface area contributed by atoms with Crippen LogP contribution in [0.5, 0.6) is 0 Å². The number of aromatic nitrogens is 2. The average molecular weight is 285 g/mol. The molecule has 0 amide bonds. The van der Waals surface area contributed by atoms with Crippen molar-refractivity contribution in [3.63, 3.8) is 0 Å². The highest BCUT2D eigenvalue weighted by molar-refractivity contribution is 4.90. The van der Waals surface area contributed by atoms with Crippen molar-refractivity contribution in [2.45, 2.75) is 37.8 Å². The van der Waals surface area contributed by atoms with Gasteiger partial charge in [-0.25, -0.2) is 4.79 Å². The molecule has 1 aromatic heterocycles. The van der Waals surface area contributed by atoms with E-state index < -0.39 is 29.7 Å². The lowest BCUT2D eigenvalue weighted by Crippen LogP contribution is -2.40. The molecular weight excluding hydrogens is 266 g/mol. The van der Waals surface area contributed by atoms with Crippen molar-refractivity contribution < 1.29 is 14.9 Å². The van der Waals surface area contributed by atoms with E-state index in [4.69, 9.17) is 15.6 Å². The van der Waals surface area contributed by atoms with Crippen molar-refractivity contribution in [2.24, 2.45) is 5.73 Å². The van der Waals surface area contributed by atoms with Gasteiger partial charge in [-0.15, -0.1) is 0 Å². The molecular formula is C12H19N3O5. The van der Waals surface area contributed by atoms with Crippen LogP contribution in [0.2, 0.25) is 0 Å². The fourth-order valence-corrected chi connectivity index (χ4v) is 2.26. The quantitative estimate of drug-likeness (QED) is 0.575. The molecule has 1 aliphatic heterocycles.